The molecule has 0 aliphatic rings. The molecule has 2 N–H and O–H groups in total. The molecule has 2 rings (SSSR count). The zero-order chi connectivity index (χ0) is 15.4. The molecule has 5 nitrogen and oxygen atoms in total. The lowest BCUT2D eigenvalue weighted by Crippen LogP contribution is -2.31. The smallest absolute Gasteiger partial charge is 0.328 e. The number of aromatic amines is 1. The summed E-state index contributed by atoms with van der Waals surface area (Å²) in [4.78, 5) is 24.3. The number of benzene rings is 1. The molecular formula is C14H10F2N2O3. The molecule has 0 unspecified atom stereocenters. The summed E-state index contributed by atoms with van der Waals surface area (Å²) in [6.45, 7) is -0.492. The molecule has 0 fully saturated rings. The maximum atomic E-state index is 13.5. The first kappa shape index (κ1) is 14.7. The summed E-state index contributed by atoms with van der Waals surface area (Å²) in [5, 5.41) is 8.61. The van der Waals surface area contributed by atoms with Crippen molar-refractivity contribution in [1.82, 2.24) is 9.55 Å². The second-order valence-electron chi connectivity index (χ2n) is 4.17. The van der Waals surface area contributed by atoms with Gasteiger partial charge in [0.1, 0.15) is 12.4 Å². The van der Waals surface area contributed by atoms with Crippen LogP contribution in [0.15, 0.2) is 34.0 Å². The maximum Gasteiger partial charge on any atom is 0.328 e. The van der Waals surface area contributed by atoms with Crippen LogP contribution < -0.4 is 11.2 Å². The van der Waals surface area contributed by atoms with Crippen LogP contribution in [-0.2, 0) is 6.54 Å². The van der Waals surface area contributed by atoms with Crippen molar-refractivity contribution in [3.05, 3.63) is 68.0 Å². The minimum Gasteiger partial charge on any atom is -0.384 e. The van der Waals surface area contributed by atoms with Gasteiger partial charge in [-0.1, -0.05) is 11.8 Å². The topological polar surface area (TPSA) is 75.1 Å². The standard InChI is InChI=1S/C14H10F2N2O3/c15-11-5-9(2-1-3-19)4-10(6-11)7-18-8-12(16)13(20)17-14(18)21/h4-6,8,19H,3,7H2,(H,17,20,21). The second-order valence-corrected chi connectivity index (χ2v) is 4.17. The zero-order valence-electron chi connectivity index (χ0n) is 10.7. The van der Waals surface area contributed by atoms with Crippen LogP contribution in [0.1, 0.15) is 11.1 Å². The van der Waals surface area contributed by atoms with Crippen LogP contribution in [0.3, 0.4) is 0 Å². The van der Waals surface area contributed by atoms with E-state index in [1.54, 1.807) is 0 Å². The lowest BCUT2D eigenvalue weighted by molar-refractivity contribution is 0.350. The molecular weight excluding hydrogens is 282 g/mol. The highest BCUT2D eigenvalue weighted by atomic mass is 19.1. The van der Waals surface area contributed by atoms with Crippen LogP contribution >= 0.6 is 0 Å². The van der Waals surface area contributed by atoms with Crippen molar-refractivity contribution in [2.75, 3.05) is 6.61 Å². The van der Waals surface area contributed by atoms with Crippen LogP contribution in [0, 0.1) is 23.5 Å². The first-order valence-corrected chi connectivity index (χ1v) is 5.88. The minimum absolute atomic E-state index is 0.127. The lowest BCUT2D eigenvalue weighted by atomic mass is 10.1. The van der Waals surface area contributed by atoms with Gasteiger partial charge in [-0.25, -0.2) is 9.18 Å². The van der Waals surface area contributed by atoms with Gasteiger partial charge >= 0.3 is 5.69 Å². The highest BCUT2D eigenvalue weighted by Gasteiger charge is 2.06. The summed E-state index contributed by atoms with van der Waals surface area (Å²) in [7, 11) is 0. The van der Waals surface area contributed by atoms with E-state index in [0.717, 1.165) is 10.8 Å². The Bertz CT molecular complexity index is 844. The molecule has 0 aliphatic carbocycles. The second kappa shape index (κ2) is 6.15. The molecule has 0 aliphatic heterocycles. The van der Waals surface area contributed by atoms with Gasteiger partial charge in [0, 0.05) is 5.56 Å². The van der Waals surface area contributed by atoms with Crippen molar-refractivity contribution in [3.8, 4) is 11.8 Å². The van der Waals surface area contributed by atoms with Crippen molar-refractivity contribution in [2.45, 2.75) is 6.54 Å². The van der Waals surface area contributed by atoms with Gasteiger partial charge in [0.2, 0.25) is 5.82 Å². The largest absolute Gasteiger partial charge is 0.384 e. The van der Waals surface area contributed by atoms with Crippen LogP contribution in [0.2, 0.25) is 0 Å². The predicted molar refractivity (Wildman–Crippen MR) is 70.7 cm³/mol. The van der Waals surface area contributed by atoms with E-state index in [0.29, 0.717) is 11.1 Å². The number of H-pyrrole nitrogens is 1. The Balaban J connectivity index is 2.40. The van der Waals surface area contributed by atoms with Crippen molar-refractivity contribution in [2.24, 2.45) is 0 Å². The van der Waals surface area contributed by atoms with Crippen molar-refractivity contribution >= 4 is 0 Å². The molecule has 0 bridgehead atoms. The third-order valence-corrected chi connectivity index (χ3v) is 2.59. The van der Waals surface area contributed by atoms with E-state index in [1.165, 1.54) is 18.2 Å². The highest BCUT2D eigenvalue weighted by Crippen LogP contribution is 2.09. The normalized spacial score (nSPS) is 10.0. The van der Waals surface area contributed by atoms with E-state index in [9.17, 15) is 18.4 Å². The fourth-order valence-corrected chi connectivity index (χ4v) is 1.75. The molecule has 0 radical (unpaired) electrons. The molecule has 21 heavy (non-hydrogen) atoms. The zero-order valence-corrected chi connectivity index (χ0v) is 10.7. The minimum atomic E-state index is -1.11. The molecule has 0 spiro atoms. The third-order valence-electron chi connectivity index (χ3n) is 2.59. The van der Waals surface area contributed by atoms with Crippen molar-refractivity contribution in [1.29, 1.82) is 0 Å². The average molecular weight is 292 g/mol. The van der Waals surface area contributed by atoms with Crippen LogP contribution in [0.5, 0.6) is 0 Å². The third kappa shape index (κ3) is 3.64. The molecule has 1 heterocycles. The molecule has 0 amide bonds. The van der Waals surface area contributed by atoms with Gasteiger partial charge in [-0.2, -0.15) is 4.39 Å². The molecule has 2 aromatic rings. The quantitative estimate of drug-likeness (QED) is 0.777. The fraction of sp³-hybridized carbons (Fsp3) is 0.143. The van der Waals surface area contributed by atoms with Gasteiger partial charge in [0.15, 0.2) is 0 Å². The Morgan fingerprint density at radius 2 is 2.00 bits per heavy atom. The average Bonchev–Trinajstić information content (AvgIpc) is 2.42. The van der Waals surface area contributed by atoms with E-state index in [4.69, 9.17) is 5.11 Å². The van der Waals surface area contributed by atoms with Crippen LogP contribution in [-0.4, -0.2) is 21.3 Å². The molecule has 1 aromatic heterocycles. The van der Waals surface area contributed by atoms with Crippen molar-refractivity contribution < 1.29 is 13.9 Å². The number of aliphatic hydroxyl groups excluding tert-OH is 1. The Morgan fingerprint density at radius 1 is 1.24 bits per heavy atom. The number of rotatable bonds is 2. The van der Waals surface area contributed by atoms with Gasteiger partial charge < -0.3 is 5.11 Å². The number of hydrogen-bond acceptors (Lipinski definition) is 3. The predicted octanol–water partition coefficient (Wildman–Crippen LogP) is 0.207. The van der Waals surface area contributed by atoms with Gasteiger partial charge in [-0.05, 0) is 23.8 Å². The van der Waals surface area contributed by atoms with E-state index >= 15 is 0 Å². The Hall–Kier alpha value is -2.72. The van der Waals surface area contributed by atoms with E-state index in [1.807, 2.05) is 4.98 Å². The monoisotopic (exact) mass is 292 g/mol. The Kier molecular flexibility index (Phi) is 4.30. The Morgan fingerprint density at radius 3 is 2.71 bits per heavy atom. The molecule has 108 valence electrons. The number of nitrogens with zero attached hydrogens (tertiary/aromatic N) is 1. The molecule has 0 saturated heterocycles. The van der Waals surface area contributed by atoms with Gasteiger partial charge in [-0.3, -0.25) is 14.3 Å². The van der Waals surface area contributed by atoms with Crippen LogP contribution in [0.25, 0.3) is 0 Å². The SMILES string of the molecule is O=c1[nH]c(=O)n(Cc2cc(F)cc(C#CCO)c2)cc1F. The fourth-order valence-electron chi connectivity index (χ4n) is 1.75. The van der Waals surface area contributed by atoms with Crippen molar-refractivity contribution in [3.63, 3.8) is 0 Å². The van der Waals surface area contributed by atoms with Crippen LogP contribution in [0.4, 0.5) is 8.78 Å². The first-order chi connectivity index (χ1) is 9.99. The number of nitrogens with one attached hydrogen (secondary N) is 1. The number of halogens is 2. The molecule has 0 saturated carbocycles. The molecule has 0 atom stereocenters. The van der Waals surface area contributed by atoms with Gasteiger partial charge in [0.25, 0.3) is 5.56 Å². The maximum absolute atomic E-state index is 13.5. The van der Waals surface area contributed by atoms with E-state index in [2.05, 4.69) is 11.8 Å². The number of hydrogen-bond donors (Lipinski definition) is 2. The Labute approximate surface area is 117 Å². The van der Waals surface area contributed by atoms with E-state index < -0.39 is 22.9 Å². The summed E-state index contributed by atoms with van der Waals surface area (Å²) in [6, 6.07) is 3.84. The van der Waals surface area contributed by atoms with Gasteiger partial charge in [0.05, 0.1) is 12.7 Å². The van der Waals surface area contributed by atoms with Gasteiger partial charge in [-0.15, -0.1) is 0 Å². The summed E-state index contributed by atoms with van der Waals surface area (Å²) in [5.41, 5.74) is -1.22. The number of aliphatic hydroxyl groups is 1. The number of aromatic nitrogens is 2. The summed E-state index contributed by atoms with van der Waals surface area (Å²) < 4.78 is 27.5. The summed E-state index contributed by atoms with van der Waals surface area (Å²) in [6.07, 6.45) is 0.755. The summed E-state index contributed by atoms with van der Waals surface area (Å²) >= 11 is 0. The molecule has 1 aromatic carbocycles. The lowest BCUT2D eigenvalue weighted by Gasteiger charge is -2.06. The summed E-state index contributed by atoms with van der Waals surface area (Å²) in [5.74, 6) is 3.23. The molecule has 7 heteroatoms. The first-order valence-electron chi connectivity index (χ1n) is 5.88. The highest BCUT2D eigenvalue weighted by molar-refractivity contribution is 5.37. The van der Waals surface area contributed by atoms with E-state index in [-0.39, 0.29) is 13.2 Å².